The van der Waals surface area contributed by atoms with E-state index in [1.807, 2.05) is 7.05 Å². The summed E-state index contributed by atoms with van der Waals surface area (Å²) in [5, 5.41) is 9.87. The van der Waals surface area contributed by atoms with E-state index in [1.165, 1.54) is 12.8 Å². The number of hydrogen-bond donors (Lipinski definition) is 2. The van der Waals surface area contributed by atoms with Crippen LogP contribution in [0, 0.1) is 0 Å². The highest BCUT2D eigenvalue weighted by Gasteiger charge is 2.18. The molecule has 1 aromatic heterocycles. The lowest BCUT2D eigenvalue weighted by Gasteiger charge is -2.28. The van der Waals surface area contributed by atoms with Gasteiger partial charge >= 0.3 is 0 Å². The van der Waals surface area contributed by atoms with Gasteiger partial charge in [0, 0.05) is 25.8 Å². The second kappa shape index (κ2) is 5.12. The SMILES string of the molecule is CN(CC1CCCCN1)C(=O)c1cn[nH]c1. The van der Waals surface area contributed by atoms with Gasteiger partial charge in [0.1, 0.15) is 0 Å². The van der Waals surface area contributed by atoms with E-state index >= 15 is 0 Å². The molecule has 2 heterocycles. The van der Waals surface area contributed by atoms with Gasteiger partial charge in [-0.15, -0.1) is 0 Å². The highest BCUT2D eigenvalue weighted by Crippen LogP contribution is 2.09. The Kier molecular flexibility index (Phi) is 3.56. The second-order valence-electron chi connectivity index (χ2n) is 4.32. The lowest BCUT2D eigenvalue weighted by molar-refractivity contribution is 0.0775. The number of amides is 1. The average molecular weight is 222 g/mol. The molecule has 5 nitrogen and oxygen atoms in total. The van der Waals surface area contributed by atoms with Gasteiger partial charge in [0.15, 0.2) is 0 Å². The van der Waals surface area contributed by atoms with Gasteiger partial charge < -0.3 is 10.2 Å². The van der Waals surface area contributed by atoms with Crippen molar-refractivity contribution >= 4 is 5.91 Å². The van der Waals surface area contributed by atoms with E-state index in [4.69, 9.17) is 0 Å². The molecule has 1 saturated heterocycles. The summed E-state index contributed by atoms with van der Waals surface area (Å²) in [6, 6.07) is 0.439. The third-order valence-electron chi connectivity index (χ3n) is 3.00. The van der Waals surface area contributed by atoms with Gasteiger partial charge in [-0.3, -0.25) is 9.89 Å². The fourth-order valence-electron chi connectivity index (χ4n) is 2.08. The maximum atomic E-state index is 11.9. The van der Waals surface area contributed by atoms with Gasteiger partial charge in [-0.1, -0.05) is 6.42 Å². The van der Waals surface area contributed by atoms with Crippen LogP contribution in [0.2, 0.25) is 0 Å². The molecular weight excluding hydrogens is 204 g/mol. The first kappa shape index (κ1) is 11.1. The molecular formula is C11H18N4O. The fourth-order valence-corrected chi connectivity index (χ4v) is 2.08. The third kappa shape index (κ3) is 2.61. The molecule has 0 bridgehead atoms. The number of rotatable bonds is 3. The molecule has 0 spiro atoms. The molecule has 16 heavy (non-hydrogen) atoms. The number of H-pyrrole nitrogens is 1. The Bertz CT molecular complexity index is 330. The summed E-state index contributed by atoms with van der Waals surface area (Å²) in [7, 11) is 1.84. The molecule has 1 amide bonds. The Morgan fingerprint density at radius 1 is 1.62 bits per heavy atom. The Morgan fingerprint density at radius 3 is 3.12 bits per heavy atom. The zero-order valence-corrected chi connectivity index (χ0v) is 9.57. The molecule has 1 fully saturated rings. The van der Waals surface area contributed by atoms with Crippen LogP contribution in [-0.2, 0) is 0 Å². The van der Waals surface area contributed by atoms with E-state index < -0.39 is 0 Å². The molecule has 1 aliphatic heterocycles. The Balaban J connectivity index is 1.87. The van der Waals surface area contributed by atoms with Crippen LogP contribution in [-0.4, -0.2) is 47.2 Å². The molecule has 0 aromatic carbocycles. The normalized spacial score (nSPS) is 20.7. The van der Waals surface area contributed by atoms with Crippen LogP contribution in [0.3, 0.4) is 0 Å². The van der Waals surface area contributed by atoms with Crippen molar-refractivity contribution in [3.63, 3.8) is 0 Å². The van der Waals surface area contributed by atoms with E-state index in [2.05, 4.69) is 15.5 Å². The molecule has 1 aliphatic rings. The Hall–Kier alpha value is -1.36. The zero-order chi connectivity index (χ0) is 11.4. The largest absolute Gasteiger partial charge is 0.340 e. The van der Waals surface area contributed by atoms with Crippen molar-refractivity contribution in [2.45, 2.75) is 25.3 Å². The topological polar surface area (TPSA) is 61.0 Å². The van der Waals surface area contributed by atoms with Crippen LogP contribution in [0.25, 0.3) is 0 Å². The average Bonchev–Trinajstić information content (AvgIpc) is 2.83. The number of aromatic amines is 1. The maximum Gasteiger partial charge on any atom is 0.256 e. The van der Waals surface area contributed by atoms with E-state index in [1.54, 1.807) is 17.3 Å². The summed E-state index contributed by atoms with van der Waals surface area (Å²) in [4.78, 5) is 13.7. The lowest BCUT2D eigenvalue weighted by atomic mass is 10.0. The first-order valence-corrected chi connectivity index (χ1v) is 5.75. The number of likely N-dealkylation sites (N-methyl/N-ethyl adjacent to an activating group) is 1. The molecule has 88 valence electrons. The highest BCUT2D eigenvalue weighted by molar-refractivity contribution is 5.93. The van der Waals surface area contributed by atoms with Crippen molar-refractivity contribution in [3.05, 3.63) is 18.0 Å². The summed E-state index contributed by atoms with van der Waals surface area (Å²) in [6.45, 7) is 1.84. The molecule has 1 aromatic rings. The summed E-state index contributed by atoms with van der Waals surface area (Å²) in [5.41, 5.74) is 0.623. The van der Waals surface area contributed by atoms with Crippen molar-refractivity contribution in [3.8, 4) is 0 Å². The predicted octanol–water partition coefficient (Wildman–Crippen LogP) is 0.624. The Labute approximate surface area is 95.2 Å². The van der Waals surface area contributed by atoms with Crippen molar-refractivity contribution in [1.82, 2.24) is 20.4 Å². The standard InChI is InChI=1S/C11H18N4O/c1-15(8-10-4-2-3-5-12-10)11(16)9-6-13-14-7-9/h6-7,10,12H,2-5,8H2,1H3,(H,13,14). The van der Waals surface area contributed by atoms with Crippen molar-refractivity contribution in [2.75, 3.05) is 20.1 Å². The van der Waals surface area contributed by atoms with E-state index in [9.17, 15) is 4.79 Å². The number of nitrogens with one attached hydrogen (secondary N) is 2. The van der Waals surface area contributed by atoms with Crippen molar-refractivity contribution < 1.29 is 4.79 Å². The van der Waals surface area contributed by atoms with Crippen LogP contribution >= 0.6 is 0 Å². The van der Waals surface area contributed by atoms with Crippen molar-refractivity contribution in [1.29, 1.82) is 0 Å². The molecule has 1 unspecified atom stereocenters. The van der Waals surface area contributed by atoms with Crippen LogP contribution in [0.1, 0.15) is 29.6 Å². The van der Waals surface area contributed by atoms with Gasteiger partial charge in [-0.2, -0.15) is 5.10 Å². The van der Waals surface area contributed by atoms with Crippen LogP contribution in [0.15, 0.2) is 12.4 Å². The molecule has 0 radical (unpaired) electrons. The minimum atomic E-state index is 0.0288. The monoisotopic (exact) mass is 222 g/mol. The molecule has 2 rings (SSSR count). The number of nitrogens with zero attached hydrogens (tertiary/aromatic N) is 2. The van der Waals surface area contributed by atoms with E-state index in [0.717, 1.165) is 19.5 Å². The fraction of sp³-hybridized carbons (Fsp3) is 0.636. The van der Waals surface area contributed by atoms with Gasteiger partial charge in [0.05, 0.1) is 11.8 Å². The van der Waals surface area contributed by atoms with Gasteiger partial charge in [0.25, 0.3) is 5.91 Å². The molecule has 1 atom stereocenters. The first-order valence-electron chi connectivity index (χ1n) is 5.75. The summed E-state index contributed by atoms with van der Waals surface area (Å²) < 4.78 is 0. The quantitative estimate of drug-likeness (QED) is 0.788. The lowest BCUT2D eigenvalue weighted by Crippen LogP contribution is -2.44. The molecule has 0 saturated carbocycles. The number of carbonyl (C=O) groups excluding carboxylic acids is 1. The molecule has 5 heteroatoms. The summed E-state index contributed by atoms with van der Waals surface area (Å²) in [5.74, 6) is 0.0288. The number of carbonyl (C=O) groups is 1. The number of aromatic nitrogens is 2. The maximum absolute atomic E-state index is 11.9. The molecule has 0 aliphatic carbocycles. The van der Waals surface area contributed by atoms with E-state index in [-0.39, 0.29) is 5.91 Å². The van der Waals surface area contributed by atoms with Crippen LogP contribution < -0.4 is 5.32 Å². The van der Waals surface area contributed by atoms with Gasteiger partial charge in [-0.05, 0) is 19.4 Å². The van der Waals surface area contributed by atoms with Crippen LogP contribution in [0.4, 0.5) is 0 Å². The molecule has 2 N–H and O–H groups in total. The minimum absolute atomic E-state index is 0.0288. The number of hydrogen-bond acceptors (Lipinski definition) is 3. The van der Waals surface area contributed by atoms with E-state index in [0.29, 0.717) is 11.6 Å². The van der Waals surface area contributed by atoms with Gasteiger partial charge in [0.2, 0.25) is 0 Å². The Morgan fingerprint density at radius 2 is 2.50 bits per heavy atom. The first-order chi connectivity index (χ1) is 7.77. The van der Waals surface area contributed by atoms with Crippen molar-refractivity contribution in [2.24, 2.45) is 0 Å². The summed E-state index contributed by atoms with van der Waals surface area (Å²) in [6.07, 6.45) is 6.85. The van der Waals surface area contributed by atoms with Gasteiger partial charge in [-0.25, -0.2) is 0 Å². The second-order valence-corrected chi connectivity index (χ2v) is 4.32. The zero-order valence-electron chi connectivity index (χ0n) is 9.57. The highest BCUT2D eigenvalue weighted by atomic mass is 16.2. The number of piperidine rings is 1. The summed E-state index contributed by atoms with van der Waals surface area (Å²) >= 11 is 0. The predicted molar refractivity (Wildman–Crippen MR) is 61.2 cm³/mol. The van der Waals surface area contributed by atoms with Crippen LogP contribution in [0.5, 0.6) is 0 Å². The smallest absolute Gasteiger partial charge is 0.256 e. The minimum Gasteiger partial charge on any atom is -0.340 e. The third-order valence-corrected chi connectivity index (χ3v) is 3.00.